The van der Waals surface area contributed by atoms with Gasteiger partial charge in [-0.3, -0.25) is 0 Å². The Morgan fingerprint density at radius 1 is 1.29 bits per heavy atom. The summed E-state index contributed by atoms with van der Waals surface area (Å²) in [4.78, 5) is 4.86. The highest BCUT2D eigenvalue weighted by molar-refractivity contribution is 7.16. The topological polar surface area (TPSA) is 48.1 Å². The van der Waals surface area contributed by atoms with Gasteiger partial charge in [0.1, 0.15) is 10.7 Å². The smallest absolute Gasteiger partial charge is 0.114 e. The van der Waals surface area contributed by atoms with Crippen molar-refractivity contribution in [2.45, 2.75) is 44.6 Å². The van der Waals surface area contributed by atoms with Gasteiger partial charge in [-0.2, -0.15) is 0 Å². The van der Waals surface area contributed by atoms with Crippen molar-refractivity contribution in [3.63, 3.8) is 0 Å². The molecule has 0 saturated heterocycles. The molecule has 2 aromatic rings. The van der Waals surface area contributed by atoms with E-state index < -0.39 is 0 Å². The lowest BCUT2D eigenvalue weighted by Gasteiger charge is -2.18. The highest BCUT2D eigenvalue weighted by Gasteiger charge is 2.21. The van der Waals surface area contributed by atoms with Gasteiger partial charge in [-0.15, -0.1) is 11.3 Å². The van der Waals surface area contributed by atoms with Gasteiger partial charge in [0.2, 0.25) is 0 Å². The lowest BCUT2D eigenvalue weighted by Crippen LogP contribution is -2.03. The van der Waals surface area contributed by atoms with Crippen LogP contribution in [0.3, 0.4) is 0 Å². The number of hydrogen-bond donors (Lipinski definition) is 1. The van der Waals surface area contributed by atoms with Crippen molar-refractivity contribution >= 4 is 16.3 Å². The molecule has 3 rings (SSSR count). The van der Waals surface area contributed by atoms with E-state index in [0.29, 0.717) is 12.5 Å². The third-order valence-electron chi connectivity index (χ3n) is 4.14. The summed E-state index contributed by atoms with van der Waals surface area (Å²) < 4.78 is 5.20. The van der Waals surface area contributed by atoms with Crippen molar-refractivity contribution in [2.24, 2.45) is 0 Å². The fourth-order valence-electron chi connectivity index (χ4n) is 3.06. The van der Waals surface area contributed by atoms with Crippen LogP contribution < -0.4 is 5.73 Å². The average molecular weight is 302 g/mol. The molecular weight excluding hydrogens is 280 g/mol. The number of methoxy groups -OCH3 is 1. The van der Waals surface area contributed by atoms with Crippen LogP contribution in [0.5, 0.6) is 0 Å². The molecule has 0 spiro atoms. The summed E-state index contributed by atoms with van der Waals surface area (Å²) in [5.74, 6) is 0.613. The van der Waals surface area contributed by atoms with Gasteiger partial charge in [0, 0.05) is 18.6 Å². The maximum atomic E-state index is 6.23. The van der Waals surface area contributed by atoms with Crippen molar-refractivity contribution in [2.75, 3.05) is 12.8 Å². The number of thiazole rings is 1. The molecule has 1 fully saturated rings. The molecule has 0 aliphatic heterocycles. The van der Waals surface area contributed by atoms with E-state index in [-0.39, 0.29) is 0 Å². The summed E-state index contributed by atoms with van der Waals surface area (Å²) in [5.41, 5.74) is 9.42. The minimum absolute atomic E-state index is 0.613. The normalized spacial score (nSPS) is 16.2. The fraction of sp³-hybridized carbons (Fsp3) is 0.471. The molecule has 112 valence electrons. The lowest BCUT2D eigenvalue weighted by atomic mass is 9.90. The number of aromatic nitrogens is 1. The van der Waals surface area contributed by atoms with E-state index in [1.165, 1.54) is 37.1 Å². The Morgan fingerprint density at radius 3 is 2.86 bits per heavy atom. The van der Waals surface area contributed by atoms with Gasteiger partial charge in [-0.25, -0.2) is 4.98 Å². The van der Waals surface area contributed by atoms with E-state index >= 15 is 0 Å². The number of ether oxygens (including phenoxy) is 1. The third-order valence-corrected chi connectivity index (χ3v) is 5.18. The first kappa shape index (κ1) is 14.5. The van der Waals surface area contributed by atoms with Crippen molar-refractivity contribution < 1.29 is 4.74 Å². The van der Waals surface area contributed by atoms with E-state index in [0.717, 1.165) is 21.8 Å². The van der Waals surface area contributed by atoms with Crippen LogP contribution in [0.15, 0.2) is 24.3 Å². The number of hydrogen-bond acceptors (Lipinski definition) is 4. The minimum Gasteiger partial charge on any atom is -0.389 e. The molecule has 4 heteroatoms. The summed E-state index contributed by atoms with van der Waals surface area (Å²) in [6, 6.07) is 8.31. The molecule has 1 aromatic carbocycles. The standard InChI is InChI=1S/C17H22N2OS/c1-20-11-12-6-5-9-14(10-12)15-16(18)21-17(19-15)13-7-3-2-4-8-13/h5-6,9-10,13H,2-4,7-8,11,18H2,1H3. The van der Waals surface area contributed by atoms with E-state index in [1.54, 1.807) is 18.4 Å². The number of nitrogens with two attached hydrogens (primary N) is 1. The molecule has 1 heterocycles. The molecule has 0 amide bonds. The van der Waals surface area contributed by atoms with Crippen LogP contribution in [0.2, 0.25) is 0 Å². The second-order valence-electron chi connectivity index (χ2n) is 5.73. The van der Waals surface area contributed by atoms with Crippen LogP contribution in [-0.2, 0) is 11.3 Å². The molecule has 0 bridgehead atoms. The maximum Gasteiger partial charge on any atom is 0.114 e. The Morgan fingerprint density at radius 2 is 2.10 bits per heavy atom. The Kier molecular flexibility index (Phi) is 4.56. The number of nitrogens with zero attached hydrogens (tertiary/aromatic N) is 1. The highest BCUT2D eigenvalue weighted by atomic mass is 32.1. The zero-order valence-corrected chi connectivity index (χ0v) is 13.3. The second-order valence-corrected chi connectivity index (χ2v) is 6.80. The quantitative estimate of drug-likeness (QED) is 0.898. The number of nitrogen functional groups attached to an aromatic ring is 1. The van der Waals surface area contributed by atoms with E-state index in [1.807, 2.05) is 6.07 Å². The highest BCUT2D eigenvalue weighted by Crippen LogP contribution is 2.39. The van der Waals surface area contributed by atoms with Gasteiger partial charge in [-0.05, 0) is 24.5 Å². The maximum absolute atomic E-state index is 6.23. The van der Waals surface area contributed by atoms with Crippen LogP contribution in [0, 0.1) is 0 Å². The van der Waals surface area contributed by atoms with Crippen LogP contribution >= 0.6 is 11.3 Å². The van der Waals surface area contributed by atoms with Crippen LogP contribution in [-0.4, -0.2) is 12.1 Å². The first-order valence-corrected chi connectivity index (χ1v) is 8.44. The molecular formula is C17H22N2OS. The van der Waals surface area contributed by atoms with Gasteiger partial charge in [0.15, 0.2) is 0 Å². The van der Waals surface area contributed by atoms with Crippen molar-refractivity contribution in [1.29, 1.82) is 0 Å². The number of rotatable bonds is 4. The minimum atomic E-state index is 0.613. The fourth-order valence-corrected chi connectivity index (χ4v) is 4.08. The predicted octanol–water partition coefficient (Wildman–Crippen LogP) is 4.59. The summed E-state index contributed by atoms with van der Waals surface area (Å²) in [6.07, 6.45) is 6.53. The summed E-state index contributed by atoms with van der Waals surface area (Å²) >= 11 is 1.67. The molecule has 1 saturated carbocycles. The summed E-state index contributed by atoms with van der Waals surface area (Å²) in [5, 5.41) is 2.06. The van der Waals surface area contributed by atoms with Crippen molar-refractivity contribution in [1.82, 2.24) is 4.98 Å². The monoisotopic (exact) mass is 302 g/mol. The number of anilines is 1. The Bertz CT molecular complexity index is 603. The zero-order chi connectivity index (χ0) is 14.7. The molecule has 1 aromatic heterocycles. The number of benzene rings is 1. The van der Waals surface area contributed by atoms with Gasteiger partial charge >= 0.3 is 0 Å². The van der Waals surface area contributed by atoms with Crippen LogP contribution in [0.4, 0.5) is 5.00 Å². The van der Waals surface area contributed by atoms with Crippen molar-refractivity contribution in [3.05, 3.63) is 34.8 Å². The van der Waals surface area contributed by atoms with Gasteiger partial charge in [0.25, 0.3) is 0 Å². The molecule has 0 atom stereocenters. The third kappa shape index (κ3) is 3.27. The van der Waals surface area contributed by atoms with E-state index in [4.69, 9.17) is 15.5 Å². The zero-order valence-electron chi connectivity index (χ0n) is 12.5. The van der Waals surface area contributed by atoms with Crippen molar-refractivity contribution in [3.8, 4) is 11.3 Å². The lowest BCUT2D eigenvalue weighted by molar-refractivity contribution is 0.185. The Labute approximate surface area is 130 Å². The predicted molar refractivity (Wildman–Crippen MR) is 88.5 cm³/mol. The Hall–Kier alpha value is -1.39. The van der Waals surface area contributed by atoms with E-state index in [9.17, 15) is 0 Å². The van der Waals surface area contributed by atoms with Crippen LogP contribution in [0.25, 0.3) is 11.3 Å². The first-order chi connectivity index (χ1) is 10.3. The summed E-state index contributed by atoms with van der Waals surface area (Å²) in [7, 11) is 1.71. The molecule has 3 nitrogen and oxygen atoms in total. The van der Waals surface area contributed by atoms with E-state index in [2.05, 4.69) is 18.2 Å². The first-order valence-electron chi connectivity index (χ1n) is 7.62. The van der Waals surface area contributed by atoms with Gasteiger partial charge < -0.3 is 10.5 Å². The average Bonchev–Trinajstić information content (AvgIpc) is 2.91. The summed E-state index contributed by atoms with van der Waals surface area (Å²) in [6.45, 7) is 0.618. The molecule has 2 N–H and O–H groups in total. The Balaban J connectivity index is 1.88. The van der Waals surface area contributed by atoms with Gasteiger partial charge in [0.05, 0.1) is 11.6 Å². The molecule has 0 radical (unpaired) electrons. The molecule has 21 heavy (non-hydrogen) atoms. The second kappa shape index (κ2) is 6.58. The largest absolute Gasteiger partial charge is 0.389 e. The van der Waals surface area contributed by atoms with Crippen LogP contribution in [0.1, 0.15) is 48.6 Å². The molecule has 1 aliphatic carbocycles. The SMILES string of the molecule is COCc1cccc(-c2nc(C3CCCCC3)sc2N)c1. The molecule has 0 unspecified atom stereocenters. The molecule has 1 aliphatic rings. The van der Waals surface area contributed by atoms with Gasteiger partial charge in [-0.1, -0.05) is 37.5 Å².